The first-order chi connectivity index (χ1) is 27.8. The van der Waals surface area contributed by atoms with Crippen LogP contribution in [0.2, 0.25) is 0 Å². The molecule has 0 unspecified atom stereocenters. The van der Waals surface area contributed by atoms with Crippen LogP contribution in [0, 0.1) is 5.82 Å². The molecule has 3 aromatic rings. The zero-order valence-corrected chi connectivity index (χ0v) is 31.5. The summed E-state index contributed by atoms with van der Waals surface area (Å²) in [5.41, 5.74) is -0.0189. The Bertz CT molecular complexity index is 2000. The number of nitrogens with one attached hydrogen (secondary N) is 3. The van der Waals surface area contributed by atoms with Gasteiger partial charge in [0.05, 0.1) is 56.5 Å². The number of amides is 4. The van der Waals surface area contributed by atoms with Gasteiger partial charge in [0, 0.05) is 43.9 Å². The maximum Gasteiger partial charge on any atom is 0.358 e. The first-order valence-electron chi connectivity index (χ1n) is 17.4. The zero-order chi connectivity index (χ0) is 41.9. The van der Waals surface area contributed by atoms with E-state index in [9.17, 15) is 41.6 Å². The van der Waals surface area contributed by atoms with E-state index in [1.807, 2.05) is 0 Å². The van der Waals surface area contributed by atoms with E-state index < -0.39 is 58.5 Å². The summed E-state index contributed by atoms with van der Waals surface area (Å²) in [6.07, 6.45) is 1.71. The van der Waals surface area contributed by atoms with E-state index in [1.54, 1.807) is 0 Å². The van der Waals surface area contributed by atoms with Gasteiger partial charge in [0.25, 0.3) is 27.7 Å². The van der Waals surface area contributed by atoms with E-state index in [0.29, 0.717) is 5.06 Å². The maximum absolute atomic E-state index is 13.9. The fourth-order valence-electron chi connectivity index (χ4n) is 4.61. The Morgan fingerprint density at radius 3 is 2.00 bits per heavy atom. The molecule has 312 valence electrons. The van der Waals surface area contributed by atoms with Gasteiger partial charge in [-0.1, -0.05) is 0 Å². The SMILES string of the molecule is O=C(O)Cc1cc(Oc2ccc(S(=O)(=O)Nc3ncc(C(=O)NCCOCCOCC(=O)NCCOCCOCC(=O)ON4C(=O)CCC4=O)cn3)cc2)ccc1F. The number of ether oxygens (including phenoxy) is 5. The summed E-state index contributed by atoms with van der Waals surface area (Å²) in [6.45, 7) is 0.300. The molecule has 4 amide bonds. The number of aliphatic carboxylic acids is 1. The van der Waals surface area contributed by atoms with Crippen LogP contribution in [-0.4, -0.2) is 130 Å². The molecule has 0 saturated carbocycles. The molecule has 23 heteroatoms. The van der Waals surface area contributed by atoms with Crippen LogP contribution in [0.25, 0.3) is 0 Å². The highest BCUT2D eigenvalue weighted by Crippen LogP contribution is 2.26. The van der Waals surface area contributed by atoms with Gasteiger partial charge in [0.15, 0.2) is 0 Å². The molecule has 1 aromatic heterocycles. The third kappa shape index (κ3) is 15.1. The molecule has 2 heterocycles. The number of carbonyl (C=O) groups excluding carboxylic acids is 5. The number of halogens is 1. The highest BCUT2D eigenvalue weighted by molar-refractivity contribution is 7.92. The summed E-state index contributed by atoms with van der Waals surface area (Å²) >= 11 is 0. The fourth-order valence-corrected chi connectivity index (χ4v) is 5.57. The van der Waals surface area contributed by atoms with Crippen LogP contribution in [0.1, 0.15) is 28.8 Å². The Balaban J connectivity index is 1.01. The molecule has 1 aliphatic heterocycles. The Kier molecular flexibility index (Phi) is 17.3. The normalized spacial score (nSPS) is 12.6. The summed E-state index contributed by atoms with van der Waals surface area (Å²) in [4.78, 5) is 81.9. The first-order valence-corrected chi connectivity index (χ1v) is 18.8. The van der Waals surface area contributed by atoms with E-state index in [2.05, 4.69) is 30.2 Å². The Morgan fingerprint density at radius 1 is 0.776 bits per heavy atom. The average Bonchev–Trinajstić information content (AvgIpc) is 3.50. The molecule has 4 N–H and O–H groups in total. The number of carboxylic acid groups (broad SMARTS) is 1. The largest absolute Gasteiger partial charge is 0.481 e. The Labute approximate surface area is 330 Å². The predicted octanol–water partition coefficient (Wildman–Crippen LogP) is 0.356. The Morgan fingerprint density at radius 2 is 1.36 bits per heavy atom. The van der Waals surface area contributed by atoms with Gasteiger partial charge in [-0.2, -0.15) is 0 Å². The number of aromatic nitrogens is 2. The van der Waals surface area contributed by atoms with E-state index in [0.717, 1.165) is 18.5 Å². The number of hydroxylamine groups is 2. The number of anilines is 1. The molecular formula is C35H39FN6O15S. The van der Waals surface area contributed by atoms with Gasteiger partial charge in [-0.15, -0.1) is 5.06 Å². The van der Waals surface area contributed by atoms with Crippen molar-refractivity contribution in [3.05, 3.63) is 71.8 Å². The number of carboxylic acids is 1. The minimum Gasteiger partial charge on any atom is -0.481 e. The second-order valence-electron chi connectivity index (χ2n) is 11.8. The van der Waals surface area contributed by atoms with E-state index >= 15 is 0 Å². The number of imide groups is 1. The lowest BCUT2D eigenvalue weighted by atomic mass is 10.1. The highest BCUT2D eigenvalue weighted by atomic mass is 32.2. The molecule has 58 heavy (non-hydrogen) atoms. The third-order valence-corrected chi connectivity index (χ3v) is 8.71. The van der Waals surface area contributed by atoms with Crippen molar-refractivity contribution in [3.63, 3.8) is 0 Å². The molecular weight excluding hydrogens is 795 g/mol. The molecule has 1 aliphatic rings. The van der Waals surface area contributed by atoms with Crippen LogP contribution >= 0.6 is 0 Å². The molecule has 4 rings (SSSR count). The van der Waals surface area contributed by atoms with Crippen molar-refractivity contribution in [1.29, 1.82) is 0 Å². The number of hydrogen-bond donors (Lipinski definition) is 4. The monoisotopic (exact) mass is 834 g/mol. The number of carbonyl (C=O) groups is 6. The molecule has 21 nitrogen and oxygen atoms in total. The van der Waals surface area contributed by atoms with Gasteiger partial charge in [-0.25, -0.2) is 32.3 Å². The van der Waals surface area contributed by atoms with Crippen molar-refractivity contribution in [2.75, 3.05) is 70.7 Å². The summed E-state index contributed by atoms with van der Waals surface area (Å²) in [5, 5.41) is 14.5. The van der Waals surface area contributed by atoms with Gasteiger partial charge in [-0.05, 0) is 42.5 Å². The minimum absolute atomic E-state index is 0.00795. The minimum atomic E-state index is -4.14. The fraction of sp³-hybridized carbons (Fsp3) is 0.371. The third-order valence-electron chi connectivity index (χ3n) is 7.36. The van der Waals surface area contributed by atoms with E-state index in [-0.39, 0.29) is 112 Å². The number of benzene rings is 2. The van der Waals surface area contributed by atoms with Crippen LogP contribution in [0.4, 0.5) is 10.3 Å². The van der Waals surface area contributed by atoms with Crippen molar-refractivity contribution in [2.24, 2.45) is 0 Å². The second kappa shape index (κ2) is 22.6. The Hall–Kier alpha value is -6.14. The highest BCUT2D eigenvalue weighted by Gasteiger charge is 2.32. The van der Waals surface area contributed by atoms with Crippen LogP contribution < -0.4 is 20.1 Å². The molecule has 1 saturated heterocycles. The number of hydrogen-bond acceptors (Lipinski definition) is 16. The first kappa shape index (κ1) is 44.6. The molecule has 1 fully saturated rings. The molecule has 0 atom stereocenters. The lowest BCUT2D eigenvalue weighted by Crippen LogP contribution is -2.33. The van der Waals surface area contributed by atoms with Crippen molar-refractivity contribution >= 4 is 51.5 Å². The quantitative estimate of drug-likeness (QED) is 0.0662. The van der Waals surface area contributed by atoms with Crippen LogP contribution in [-0.2, 0) is 64.2 Å². The van der Waals surface area contributed by atoms with Crippen molar-refractivity contribution in [3.8, 4) is 11.5 Å². The number of nitrogens with zero attached hydrogens (tertiary/aromatic N) is 3. The van der Waals surface area contributed by atoms with E-state index in [1.165, 1.54) is 36.4 Å². The molecule has 2 aromatic carbocycles. The lowest BCUT2D eigenvalue weighted by molar-refractivity contribution is -0.200. The topological polar surface area (TPSA) is 277 Å². The molecule has 0 spiro atoms. The summed E-state index contributed by atoms with van der Waals surface area (Å²) in [5.74, 6) is -4.83. The van der Waals surface area contributed by atoms with Gasteiger partial charge in [0.1, 0.15) is 30.5 Å². The van der Waals surface area contributed by atoms with Crippen LogP contribution in [0.3, 0.4) is 0 Å². The van der Waals surface area contributed by atoms with Crippen LogP contribution in [0.15, 0.2) is 59.8 Å². The summed E-state index contributed by atoms with van der Waals surface area (Å²) < 4.78 is 68.3. The van der Waals surface area contributed by atoms with Gasteiger partial charge >= 0.3 is 11.9 Å². The molecule has 0 bridgehead atoms. The van der Waals surface area contributed by atoms with Crippen molar-refractivity contribution < 1.29 is 75.2 Å². The average molecular weight is 835 g/mol. The summed E-state index contributed by atoms with van der Waals surface area (Å²) in [6, 6.07) is 8.80. The van der Waals surface area contributed by atoms with Crippen LogP contribution in [0.5, 0.6) is 11.5 Å². The number of sulfonamides is 1. The molecule has 0 radical (unpaired) electrons. The lowest BCUT2D eigenvalue weighted by Gasteiger charge is -2.12. The smallest absolute Gasteiger partial charge is 0.358 e. The second-order valence-corrected chi connectivity index (χ2v) is 13.5. The van der Waals surface area contributed by atoms with Gasteiger partial charge < -0.3 is 44.3 Å². The maximum atomic E-state index is 13.9. The van der Waals surface area contributed by atoms with E-state index in [4.69, 9.17) is 28.8 Å². The summed E-state index contributed by atoms with van der Waals surface area (Å²) in [7, 11) is -4.14. The zero-order valence-electron chi connectivity index (χ0n) is 30.7. The number of rotatable bonds is 25. The van der Waals surface area contributed by atoms with Crippen molar-refractivity contribution in [2.45, 2.75) is 24.2 Å². The van der Waals surface area contributed by atoms with Crippen molar-refractivity contribution in [1.82, 2.24) is 25.7 Å². The standard InChI is InChI=1S/C35H39FN6O15S/c36-28-6-3-26(17-23(28)18-32(46)47)56-25-1-4-27(5-2-25)58(50,51)41-35-39-19-24(20-40-35)34(49)38-10-12-53-13-15-54-21-29(43)37-9-11-52-14-16-55-22-33(48)57-42-30(44)7-8-31(42)45/h1-6,17,19-20H,7-16,18,21-22H2,(H,37,43)(H,38,49)(H,46,47)(H,39,40,41). The van der Waals surface area contributed by atoms with Gasteiger partial charge in [-0.3, -0.25) is 24.0 Å². The predicted molar refractivity (Wildman–Crippen MR) is 193 cm³/mol. The molecule has 0 aliphatic carbocycles. The van der Waals surface area contributed by atoms with Gasteiger partial charge in [0.2, 0.25) is 11.9 Å².